The van der Waals surface area contributed by atoms with Gasteiger partial charge in [0.25, 0.3) is 0 Å². The Kier molecular flexibility index (Phi) is 1.75. The molecular weight excluding hydrogens is 162 g/mol. The van der Waals surface area contributed by atoms with E-state index in [1.54, 1.807) is 10.9 Å². The number of nitrogens with zero attached hydrogens (tertiary/aromatic N) is 3. The number of aromatic nitrogens is 2. The smallest absolute Gasteiger partial charge is 0.128 e. The van der Waals surface area contributed by atoms with Gasteiger partial charge < -0.3 is 0 Å². The van der Waals surface area contributed by atoms with E-state index in [9.17, 15) is 0 Å². The first-order chi connectivity index (χ1) is 6.31. The zero-order valence-corrected chi connectivity index (χ0v) is 7.36. The lowest BCUT2D eigenvalue weighted by Gasteiger charge is -1.97. The highest BCUT2D eigenvalue weighted by atomic mass is 15.3. The van der Waals surface area contributed by atoms with E-state index in [0.29, 0.717) is 6.54 Å². The molecule has 0 amide bonds. The Morgan fingerprint density at radius 1 is 1.54 bits per heavy atom. The van der Waals surface area contributed by atoms with E-state index < -0.39 is 0 Å². The van der Waals surface area contributed by atoms with Crippen molar-refractivity contribution in [3.63, 3.8) is 0 Å². The van der Waals surface area contributed by atoms with Gasteiger partial charge in [-0.15, -0.1) is 0 Å². The van der Waals surface area contributed by atoms with Crippen LogP contribution in [0.25, 0.3) is 10.9 Å². The molecule has 1 heterocycles. The molecule has 13 heavy (non-hydrogen) atoms. The lowest BCUT2D eigenvalue weighted by atomic mass is 10.2. The van der Waals surface area contributed by atoms with Crippen LogP contribution in [0.2, 0.25) is 0 Å². The Labute approximate surface area is 76.2 Å². The van der Waals surface area contributed by atoms with Crippen molar-refractivity contribution in [2.75, 3.05) is 0 Å². The van der Waals surface area contributed by atoms with Crippen LogP contribution in [0.4, 0.5) is 0 Å². The van der Waals surface area contributed by atoms with Gasteiger partial charge in [0, 0.05) is 5.39 Å². The average Bonchev–Trinajstić information content (AvgIpc) is 2.49. The van der Waals surface area contributed by atoms with E-state index in [0.717, 1.165) is 10.9 Å². The van der Waals surface area contributed by atoms with Gasteiger partial charge >= 0.3 is 0 Å². The van der Waals surface area contributed by atoms with Crippen LogP contribution in [-0.2, 0) is 6.54 Å². The molecule has 2 rings (SSSR count). The van der Waals surface area contributed by atoms with Gasteiger partial charge in [0.2, 0.25) is 0 Å². The molecule has 3 heteroatoms. The highest BCUT2D eigenvalue weighted by Gasteiger charge is 2.00. The summed E-state index contributed by atoms with van der Waals surface area (Å²) >= 11 is 0. The number of aryl methyl sites for hydroxylation is 1. The maximum Gasteiger partial charge on any atom is 0.128 e. The van der Waals surface area contributed by atoms with Gasteiger partial charge in [0.15, 0.2) is 0 Å². The van der Waals surface area contributed by atoms with Crippen LogP contribution in [0, 0.1) is 18.3 Å². The maximum absolute atomic E-state index is 8.56. The van der Waals surface area contributed by atoms with E-state index in [1.807, 2.05) is 25.1 Å². The first kappa shape index (κ1) is 7.81. The van der Waals surface area contributed by atoms with Gasteiger partial charge in [-0.3, -0.25) is 4.68 Å². The number of fused-ring (bicyclic) bond motifs is 1. The van der Waals surface area contributed by atoms with Gasteiger partial charge in [-0.1, -0.05) is 12.1 Å². The fourth-order valence-electron chi connectivity index (χ4n) is 1.37. The summed E-state index contributed by atoms with van der Waals surface area (Å²) in [6.07, 6.45) is 1.78. The van der Waals surface area contributed by atoms with Crippen LogP contribution >= 0.6 is 0 Å². The molecule has 0 aliphatic carbocycles. The SMILES string of the molecule is Cc1ccc2cnn(CC#N)c2c1. The summed E-state index contributed by atoms with van der Waals surface area (Å²) in [5, 5.41) is 13.8. The van der Waals surface area contributed by atoms with Crippen molar-refractivity contribution >= 4 is 10.9 Å². The summed E-state index contributed by atoms with van der Waals surface area (Å²) in [6, 6.07) is 8.19. The number of hydrogen-bond donors (Lipinski definition) is 0. The molecule has 1 aromatic heterocycles. The van der Waals surface area contributed by atoms with Crippen molar-refractivity contribution in [3.8, 4) is 6.07 Å². The van der Waals surface area contributed by atoms with Crippen LogP contribution in [0.3, 0.4) is 0 Å². The molecule has 0 N–H and O–H groups in total. The molecule has 0 radical (unpaired) electrons. The van der Waals surface area contributed by atoms with E-state index in [2.05, 4.69) is 11.2 Å². The topological polar surface area (TPSA) is 41.6 Å². The minimum absolute atomic E-state index is 0.312. The van der Waals surface area contributed by atoms with Crippen LogP contribution < -0.4 is 0 Å². The van der Waals surface area contributed by atoms with Crippen molar-refractivity contribution < 1.29 is 0 Å². The number of hydrogen-bond acceptors (Lipinski definition) is 2. The summed E-state index contributed by atoms with van der Waals surface area (Å²) in [6.45, 7) is 2.34. The average molecular weight is 171 g/mol. The van der Waals surface area contributed by atoms with Crippen LogP contribution in [0.15, 0.2) is 24.4 Å². The van der Waals surface area contributed by atoms with Crippen molar-refractivity contribution in [2.45, 2.75) is 13.5 Å². The molecule has 1 aromatic carbocycles. The molecule has 0 saturated carbocycles. The summed E-state index contributed by atoms with van der Waals surface area (Å²) in [5.74, 6) is 0. The molecule has 2 aromatic rings. The molecular formula is C10H9N3. The Bertz CT molecular complexity index is 476. The van der Waals surface area contributed by atoms with Crippen molar-refractivity contribution in [2.24, 2.45) is 0 Å². The van der Waals surface area contributed by atoms with Crippen molar-refractivity contribution in [1.29, 1.82) is 5.26 Å². The first-order valence-corrected chi connectivity index (χ1v) is 4.10. The van der Waals surface area contributed by atoms with Gasteiger partial charge in [-0.05, 0) is 18.6 Å². The monoisotopic (exact) mass is 171 g/mol. The second-order valence-corrected chi connectivity index (χ2v) is 3.02. The lowest BCUT2D eigenvalue weighted by molar-refractivity contribution is 0.736. The summed E-state index contributed by atoms with van der Waals surface area (Å²) < 4.78 is 1.71. The number of rotatable bonds is 1. The summed E-state index contributed by atoms with van der Waals surface area (Å²) in [5.41, 5.74) is 2.22. The quantitative estimate of drug-likeness (QED) is 0.657. The first-order valence-electron chi connectivity index (χ1n) is 4.10. The Morgan fingerprint density at radius 3 is 3.15 bits per heavy atom. The predicted octanol–water partition coefficient (Wildman–Crippen LogP) is 1.87. The third-order valence-corrected chi connectivity index (χ3v) is 2.02. The van der Waals surface area contributed by atoms with E-state index in [1.165, 1.54) is 5.56 Å². The van der Waals surface area contributed by atoms with Crippen LogP contribution in [0.1, 0.15) is 5.56 Å². The zero-order chi connectivity index (χ0) is 9.26. The predicted molar refractivity (Wildman–Crippen MR) is 50.1 cm³/mol. The van der Waals surface area contributed by atoms with Crippen molar-refractivity contribution in [3.05, 3.63) is 30.0 Å². The van der Waals surface area contributed by atoms with Gasteiger partial charge in [0.05, 0.1) is 17.8 Å². The second-order valence-electron chi connectivity index (χ2n) is 3.02. The molecule has 64 valence electrons. The molecule has 0 aliphatic rings. The van der Waals surface area contributed by atoms with Gasteiger partial charge in [-0.2, -0.15) is 10.4 Å². The lowest BCUT2D eigenvalue weighted by Crippen LogP contribution is -1.96. The molecule has 0 spiro atoms. The molecule has 3 nitrogen and oxygen atoms in total. The minimum atomic E-state index is 0.312. The Morgan fingerprint density at radius 2 is 2.38 bits per heavy atom. The largest absolute Gasteiger partial charge is 0.251 e. The fourth-order valence-corrected chi connectivity index (χ4v) is 1.37. The second kappa shape index (κ2) is 2.91. The minimum Gasteiger partial charge on any atom is -0.251 e. The van der Waals surface area contributed by atoms with Gasteiger partial charge in [0.1, 0.15) is 6.54 Å². The summed E-state index contributed by atoms with van der Waals surface area (Å²) in [4.78, 5) is 0. The number of benzene rings is 1. The molecule has 0 atom stereocenters. The zero-order valence-electron chi connectivity index (χ0n) is 7.36. The highest BCUT2D eigenvalue weighted by molar-refractivity contribution is 5.79. The van der Waals surface area contributed by atoms with E-state index >= 15 is 0 Å². The van der Waals surface area contributed by atoms with Crippen LogP contribution in [0.5, 0.6) is 0 Å². The van der Waals surface area contributed by atoms with E-state index in [4.69, 9.17) is 5.26 Å². The molecule has 0 fully saturated rings. The van der Waals surface area contributed by atoms with E-state index in [-0.39, 0.29) is 0 Å². The molecule has 0 bridgehead atoms. The van der Waals surface area contributed by atoms with Crippen LogP contribution in [-0.4, -0.2) is 9.78 Å². The standard InChI is InChI=1S/C10H9N3/c1-8-2-3-9-7-12-13(5-4-11)10(9)6-8/h2-3,6-7H,5H2,1H3. The number of nitriles is 1. The fraction of sp³-hybridized carbons (Fsp3) is 0.200. The Balaban J connectivity index is 2.66. The molecule has 0 saturated heterocycles. The Hall–Kier alpha value is -1.82. The molecule has 0 aliphatic heterocycles. The van der Waals surface area contributed by atoms with Gasteiger partial charge in [-0.25, -0.2) is 0 Å². The maximum atomic E-state index is 8.56. The molecule has 0 unspecified atom stereocenters. The summed E-state index contributed by atoms with van der Waals surface area (Å²) in [7, 11) is 0. The normalized spacial score (nSPS) is 10.2. The third-order valence-electron chi connectivity index (χ3n) is 2.02. The third kappa shape index (κ3) is 1.27. The highest BCUT2D eigenvalue weighted by Crippen LogP contribution is 2.14. The van der Waals surface area contributed by atoms with Crippen molar-refractivity contribution in [1.82, 2.24) is 9.78 Å².